The summed E-state index contributed by atoms with van der Waals surface area (Å²) in [6.07, 6.45) is 0. The summed E-state index contributed by atoms with van der Waals surface area (Å²) in [5.41, 5.74) is 5.55. The van der Waals surface area contributed by atoms with E-state index in [1.807, 2.05) is 0 Å². The first kappa shape index (κ1) is 14.1. The van der Waals surface area contributed by atoms with E-state index in [9.17, 15) is 0 Å². The van der Waals surface area contributed by atoms with Gasteiger partial charge in [-0.3, -0.25) is 0 Å². The molecular formula is C16H17BrI-. The van der Waals surface area contributed by atoms with Crippen LogP contribution in [0.5, 0.6) is 0 Å². The maximum absolute atomic E-state index is 3.63. The number of aryl methyl sites for hydroxylation is 4. The molecule has 0 fully saturated rings. The first-order valence-corrected chi connectivity index (χ1v) is 8.91. The third-order valence-corrected chi connectivity index (χ3v) is 7.31. The Kier molecular flexibility index (Phi) is 4.49. The molecule has 0 spiro atoms. The molecule has 0 nitrogen and oxygen atoms in total. The zero-order valence-corrected chi connectivity index (χ0v) is 14.9. The van der Waals surface area contributed by atoms with E-state index in [0.29, 0.717) is 0 Å². The van der Waals surface area contributed by atoms with Crippen molar-refractivity contribution in [3.63, 3.8) is 0 Å². The Morgan fingerprint density at radius 1 is 0.833 bits per heavy atom. The van der Waals surface area contributed by atoms with Crippen molar-refractivity contribution in [3.8, 4) is 0 Å². The molecule has 0 bridgehead atoms. The Balaban J connectivity index is 2.37. The fraction of sp³-hybridized carbons (Fsp3) is 0.250. The molecule has 0 aromatic heterocycles. The summed E-state index contributed by atoms with van der Waals surface area (Å²) in [4.78, 5) is 0. The fourth-order valence-corrected chi connectivity index (χ4v) is 5.47. The van der Waals surface area contributed by atoms with Crippen molar-refractivity contribution >= 4 is 15.9 Å². The molecular weight excluding hydrogens is 399 g/mol. The predicted molar refractivity (Wildman–Crippen MR) is 76.9 cm³/mol. The van der Waals surface area contributed by atoms with E-state index in [-0.39, 0.29) is 21.2 Å². The van der Waals surface area contributed by atoms with Gasteiger partial charge in [0.2, 0.25) is 0 Å². The van der Waals surface area contributed by atoms with E-state index in [4.69, 9.17) is 0 Å². The standard InChI is InChI=1S/C16H17BrI/c1-10-7-12(3)16(13(4)8-10)18-14-6-5-11(2)15(17)9-14/h5-9H,1-4H3/q-1. The monoisotopic (exact) mass is 415 g/mol. The molecule has 2 aromatic rings. The van der Waals surface area contributed by atoms with Crippen molar-refractivity contribution in [1.29, 1.82) is 0 Å². The van der Waals surface area contributed by atoms with Gasteiger partial charge in [0.25, 0.3) is 0 Å². The van der Waals surface area contributed by atoms with Gasteiger partial charge in [0.15, 0.2) is 0 Å². The second kappa shape index (κ2) is 5.74. The van der Waals surface area contributed by atoms with Crippen molar-refractivity contribution in [2.24, 2.45) is 0 Å². The molecule has 0 aliphatic carbocycles. The maximum atomic E-state index is 3.63. The Labute approximate surface area is 128 Å². The molecule has 0 aliphatic rings. The zero-order valence-electron chi connectivity index (χ0n) is 11.1. The first-order chi connectivity index (χ1) is 8.47. The van der Waals surface area contributed by atoms with Gasteiger partial charge >= 0.3 is 129 Å². The van der Waals surface area contributed by atoms with E-state index in [2.05, 4.69) is 74.0 Å². The van der Waals surface area contributed by atoms with Crippen molar-refractivity contribution in [2.75, 3.05) is 0 Å². The van der Waals surface area contributed by atoms with Gasteiger partial charge in [-0.1, -0.05) is 0 Å². The van der Waals surface area contributed by atoms with E-state index >= 15 is 0 Å². The summed E-state index contributed by atoms with van der Waals surface area (Å²) in [5, 5.41) is 0. The van der Waals surface area contributed by atoms with Gasteiger partial charge in [-0.05, 0) is 0 Å². The summed E-state index contributed by atoms with van der Waals surface area (Å²) in [7, 11) is 0. The summed E-state index contributed by atoms with van der Waals surface area (Å²) < 4.78 is 4.26. The van der Waals surface area contributed by atoms with E-state index in [1.165, 1.54) is 30.3 Å². The topological polar surface area (TPSA) is 0 Å². The molecule has 2 aromatic carbocycles. The van der Waals surface area contributed by atoms with Gasteiger partial charge in [-0.15, -0.1) is 0 Å². The van der Waals surface area contributed by atoms with E-state index in [1.54, 1.807) is 3.57 Å². The Morgan fingerprint density at radius 2 is 1.44 bits per heavy atom. The van der Waals surface area contributed by atoms with Crippen LogP contribution < -0.4 is 21.2 Å². The molecule has 96 valence electrons. The summed E-state index contributed by atoms with van der Waals surface area (Å²) in [6, 6.07) is 11.3. The van der Waals surface area contributed by atoms with Crippen LogP contribution in [0.15, 0.2) is 34.8 Å². The van der Waals surface area contributed by atoms with E-state index in [0.717, 1.165) is 0 Å². The Morgan fingerprint density at radius 3 is 2.00 bits per heavy atom. The Hall–Kier alpha value is -0.350. The van der Waals surface area contributed by atoms with Crippen LogP contribution in [0.1, 0.15) is 22.3 Å². The normalized spacial score (nSPS) is 10.9. The van der Waals surface area contributed by atoms with Crippen LogP contribution in [0.4, 0.5) is 0 Å². The molecule has 0 radical (unpaired) electrons. The van der Waals surface area contributed by atoms with Crippen LogP contribution >= 0.6 is 15.9 Å². The average molecular weight is 416 g/mol. The van der Waals surface area contributed by atoms with E-state index < -0.39 is 0 Å². The molecule has 18 heavy (non-hydrogen) atoms. The van der Waals surface area contributed by atoms with Crippen molar-refractivity contribution in [2.45, 2.75) is 27.7 Å². The van der Waals surface area contributed by atoms with Gasteiger partial charge < -0.3 is 0 Å². The van der Waals surface area contributed by atoms with Crippen LogP contribution in [0.2, 0.25) is 0 Å². The van der Waals surface area contributed by atoms with Crippen LogP contribution in [-0.2, 0) is 0 Å². The van der Waals surface area contributed by atoms with Crippen LogP contribution in [0, 0.1) is 34.8 Å². The predicted octanol–water partition coefficient (Wildman–Crippen LogP) is 1.81. The van der Waals surface area contributed by atoms with Crippen LogP contribution in [0.3, 0.4) is 0 Å². The third-order valence-electron chi connectivity index (χ3n) is 2.92. The molecule has 0 atom stereocenters. The number of benzene rings is 2. The summed E-state index contributed by atoms with van der Waals surface area (Å²) >= 11 is 3.54. The third kappa shape index (κ3) is 3.15. The first-order valence-electron chi connectivity index (χ1n) is 5.96. The molecule has 0 aliphatic heterocycles. The molecule has 2 heteroatoms. The summed E-state index contributed by atoms with van der Waals surface area (Å²) in [6.45, 7) is 8.77. The minimum atomic E-state index is -0.0871. The minimum absolute atomic E-state index is 0.0871. The average Bonchev–Trinajstić information content (AvgIpc) is 2.28. The number of hydrogen-bond donors (Lipinski definition) is 0. The van der Waals surface area contributed by atoms with Gasteiger partial charge in [0, 0.05) is 0 Å². The molecule has 0 N–H and O–H groups in total. The van der Waals surface area contributed by atoms with Crippen LogP contribution in [0.25, 0.3) is 0 Å². The van der Waals surface area contributed by atoms with Crippen molar-refractivity contribution < 1.29 is 21.2 Å². The van der Waals surface area contributed by atoms with Crippen molar-refractivity contribution in [3.05, 3.63) is 64.2 Å². The molecule has 0 heterocycles. The SMILES string of the molecule is Cc1cc(C)c([I-]c2ccc(C)c(Br)c2)c(C)c1. The molecule has 0 saturated carbocycles. The quantitative estimate of drug-likeness (QED) is 0.656. The van der Waals surface area contributed by atoms with Gasteiger partial charge in [-0.25, -0.2) is 0 Å². The second-order valence-corrected chi connectivity index (χ2v) is 8.42. The van der Waals surface area contributed by atoms with Crippen molar-refractivity contribution in [1.82, 2.24) is 0 Å². The van der Waals surface area contributed by atoms with Gasteiger partial charge in [0.05, 0.1) is 0 Å². The van der Waals surface area contributed by atoms with Gasteiger partial charge in [-0.2, -0.15) is 0 Å². The molecule has 2 rings (SSSR count). The number of halogens is 2. The molecule has 0 saturated heterocycles. The molecule has 0 unspecified atom stereocenters. The van der Waals surface area contributed by atoms with Crippen LogP contribution in [-0.4, -0.2) is 0 Å². The number of rotatable bonds is 2. The fourth-order valence-electron chi connectivity index (χ4n) is 2.05. The Bertz CT molecular complexity index is 565. The van der Waals surface area contributed by atoms with Gasteiger partial charge in [0.1, 0.15) is 0 Å². The number of hydrogen-bond acceptors (Lipinski definition) is 0. The zero-order chi connectivity index (χ0) is 13.3. The second-order valence-electron chi connectivity index (χ2n) is 4.70. The summed E-state index contributed by atoms with van der Waals surface area (Å²) in [5.74, 6) is 0. The molecule has 0 amide bonds.